The van der Waals surface area contributed by atoms with Crippen LogP contribution in [0.3, 0.4) is 0 Å². The number of nitrogens with one attached hydrogen (secondary N) is 1. The Labute approximate surface area is 111 Å². The molecule has 0 spiro atoms. The number of likely N-dealkylation sites (N-methyl/N-ethyl adjacent to an activating group) is 1. The molecule has 1 atom stereocenters. The number of rotatable bonds is 3. The average Bonchev–Trinajstić information content (AvgIpc) is 2.85. The summed E-state index contributed by atoms with van der Waals surface area (Å²) in [6, 6.07) is 4.71. The summed E-state index contributed by atoms with van der Waals surface area (Å²) in [6.45, 7) is 3.63. The molecule has 1 N–H and O–H groups in total. The van der Waals surface area contributed by atoms with Crippen molar-refractivity contribution in [3.63, 3.8) is 0 Å². The van der Waals surface area contributed by atoms with Crippen molar-refractivity contribution in [3.05, 3.63) is 47.5 Å². The van der Waals surface area contributed by atoms with Crippen LogP contribution < -0.4 is 5.32 Å². The Balaban J connectivity index is 2.33. The second kappa shape index (κ2) is 5.22. The van der Waals surface area contributed by atoms with Gasteiger partial charge in [-0.25, -0.2) is 9.07 Å². The maximum atomic E-state index is 13.4. The number of halogens is 1. The molecule has 1 unspecified atom stereocenters. The Kier molecular flexibility index (Phi) is 3.64. The highest BCUT2D eigenvalue weighted by atomic mass is 19.1. The molecule has 0 saturated heterocycles. The first-order chi connectivity index (χ1) is 9.01. The van der Waals surface area contributed by atoms with Crippen LogP contribution in [-0.4, -0.2) is 22.7 Å². The van der Waals surface area contributed by atoms with Gasteiger partial charge >= 0.3 is 0 Å². The van der Waals surface area contributed by atoms with Crippen LogP contribution in [0.25, 0.3) is 5.69 Å². The number of carbonyl (C=O) groups excluding carboxylic acids is 1. The molecule has 0 bridgehead atoms. The van der Waals surface area contributed by atoms with Crippen molar-refractivity contribution in [3.8, 4) is 5.69 Å². The first-order valence-electron chi connectivity index (χ1n) is 6.05. The van der Waals surface area contributed by atoms with Gasteiger partial charge in [-0.05, 0) is 37.6 Å². The van der Waals surface area contributed by atoms with E-state index in [0.29, 0.717) is 5.69 Å². The summed E-state index contributed by atoms with van der Waals surface area (Å²) in [4.78, 5) is 11.6. The highest BCUT2D eigenvalue weighted by Gasteiger charge is 2.15. The molecule has 5 heteroatoms. The molecule has 0 aliphatic heterocycles. The van der Waals surface area contributed by atoms with E-state index in [9.17, 15) is 9.18 Å². The van der Waals surface area contributed by atoms with E-state index in [4.69, 9.17) is 0 Å². The molecule has 19 heavy (non-hydrogen) atoms. The van der Waals surface area contributed by atoms with Crippen molar-refractivity contribution in [1.29, 1.82) is 0 Å². The van der Waals surface area contributed by atoms with Crippen LogP contribution in [0.4, 0.5) is 4.39 Å². The van der Waals surface area contributed by atoms with Crippen molar-refractivity contribution in [2.24, 2.45) is 0 Å². The fraction of sp³-hybridized carbons (Fsp3) is 0.286. The summed E-state index contributed by atoms with van der Waals surface area (Å²) < 4.78 is 14.9. The van der Waals surface area contributed by atoms with Gasteiger partial charge in [-0.1, -0.05) is 0 Å². The van der Waals surface area contributed by atoms with Crippen molar-refractivity contribution in [1.82, 2.24) is 15.1 Å². The smallest absolute Gasteiger partial charge is 0.227 e. The normalized spacial score (nSPS) is 12.2. The number of hydrogen-bond donors (Lipinski definition) is 1. The van der Waals surface area contributed by atoms with Crippen molar-refractivity contribution in [2.45, 2.75) is 19.8 Å². The zero-order valence-corrected chi connectivity index (χ0v) is 11.1. The number of nitrogens with zero attached hydrogens (tertiary/aromatic N) is 2. The molecule has 0 fully saturated rings. The van der Waals surface area contributed by atoms with Crippen LogP contribution in [0.2, 0.25) is 0 Å². The summed E-state index contributed by atoms with van der Waals surface area (Å²) in [5.41, 5.74) is 2.26. The molecular formula is C14H16FN3O. The standard InChI is InChI=1S/C14H16FN3O/c1-9-4-12(15)6-13(5-9)18-8-11(7-17-18)10(2)14(19)16-3/h4-8,10H,1-3H3,(H,16,19). The van der Waals surface area contributed by atoms with Gasteiger partial charge < -0.3 is 5.32 Å². The van der Waals surface area contributed by atoms with Crippen molar-refractivity contribution in [2.75, 3.05) is 7.05 Å². The number of carbonyl (C=O) groups is 1. The van der Waals surface area contributed by atoms with E-state index in [-0.39, 0.29) is 17.6 Å². The van der Waals surface area contributed by atoms with E-state index < -0.39 is 0 Å². The van der Waals surface area contributed by atoms with E-state index in [1.165, 1.54) is 12.1 Å². The van der Waals surface area contributed by atoms with Gasteiger partial charge in [-0.3, -0.25) is 4.79 Å². The van der Waals surface area contributed by atoms with Crippen LogP contribution in [0.1, 0.15) is 24.0 Å². The number of benzene rings is 1. The third-order valence-corrected chi connectivity index (χ3v) is 3.03. The van der Waals surface area contributed by atoms with Crippen molar-refractivity contribution >= 4 is 5.91 Å². The SMILES string of the molecule is CNC(=O)C(C)c1cnn(-c2cc(C)cc(F)c2)c1. The molecule has 1 amide bonds. The fourth-order valence-corrected chi connectivity index (χ4v) is 1.92. The van der Waals surface area contributed by atoms with Crippen LogP contribution in [0.5, 0.6) is 0 Å². The number of aromatic nitrogens is 2. The highest BCUT2D eigenvalue weighted by molar-refractivity contribution is 5.82. The average molecular weight is 261 g/mol. The van der Waals surface area contributed by atoms with E-state index in [1.807, 2.05) is 13.0 Å². The van der Waals surface area contributed by atoms with Gasteiger partial charge in [-0.15, -0.1) is 0 Å². The third kappa shape index (κ3) is 2.81. The summed E-state index contributed by atoms with van der Waals surface area (Å²) in [6.07, 6.45) is 3.37. The lowest BCUT2D eigenvalue weighted by Gasteiger charge is -2.06. The molecule has 2 rings (SSSR count). The first-order valence-corrected chi connectivity index (χ1v) is 6.05. The lowest BCUT2D eigenvalue weighted by Crippen LogP contribution is -2.23. The lowest BCUT2D eigenvalue weighted by atomic mass is 10.1. The summed E-state index contributed by atoms with van der Waals surface area (Å²) in [7, 11) is 1.60. The van der Waals surface area contributed by atoms with Gasteiger partial charge in [0.2, 0.25) is 5.91 Å². The van der Waals surface area contributed by atoms with E-state index >= 15 is 0 Å². The van der Waals surface area contributed by atoms with Gasteiger partial charge in [-0.2, -0.15) is 5.10 Å². The molecule has 0 aliphatic rings. The molecular weight excluding hydrogens is 245 g/mol. The Morgan fingerprint density at radius 2 is 2.16 bits per heavy atom. The van der Waals surface area contributed by atoms with Crippen LogP contribution in [-0.2, 0) is 4.79 Å². The molecule has 100 valence electrons. The summed E-state index contributed by atoms with van der Waals surface area (Å²) in [5, 5.41) is 6.77. The van der Waals surface area contributed by atoms with Crippen LogP contribution in [0.15, 0.2) is 30.6 Å². The van der Waals surface area contributed by atoms with E-state index in [0.717, 1.165) is 11.1 Å². The van der Waals surface area contributed by atoms with Gasteiger partial charge in [0.15, 0.2) is 0 Å². The second-order valence-corrected chi connectivity index (χ2v) is 4.54. The summed E-state index contributed by atoms with van der Waals surface area (Å²) in [5.74, 6) is -0.658. The van der Waals surface area contributed by atoms with Gasteiger partial charge in [0.1, 0.15) is 5.82 Å². The van der Waals surface area contributed by atoms with Crippen molar-refractivity contribution < 1.29 is 9.18 Å². The van der Waals surface area contributed by atoms with Gasteiger partial charge in [0.25, 0.3) is 0 Å². The molecule has 4 nitrogen and oxygen atoms in total. The quantitative estimate of drug-likeness (QED) is 0.920. The molecule has 1 aromatic heterocycles. The predicted molar refractivity (Wildman–Crippen MR) is 70.7 cm³/mol. The topological polar surface area (TPSA) is 46.9 Å². The summed E-state index contributed by atoms with van der Waals surface area (Å²) >= 11 is 0. The lowest BCUT2D eigenvalue weighted by molar-refractivity contribution is -0.121. The van der Waals surface area contributed by atoms with Crippen LogP contribution in [0, 0.1) is 12.7 Å². The molecule has 2 aromatic rings. The number of aryl methyl sites for hydroxylation is 1. The minimum absolute atomic E-state index is 0.0741. The van der Waals surface area contributed by atoms with Gasteiger partial charge in [0, 0.05) is 18.8 Å². The zero-order valence-electron chi connectivity index (χ0n) is 11.1. The molecule has 1 aromatic carbocycles. The van der Waals surface area contributed by atoms with Crippen LogP contribution >= 0.6 is 0 Å². The monoisotopic (exact) mass is 261 g/mol. The van der Waals surface area contributed by atoms with E-state index in [1.54, 1.807) is 31.0 Å². The molecule has 0 radical (unpaired) electrons. The largest absolute Gasteiger partial charge is 0.359 e. The minimum Gasteiger partial charge on any atom is -0.359 e. The first kappa shape index (κ1) is 13.3. The number of amides is 1. The zero-order chi connectivity index (χ0) is 14.0. The Morgan fingerprint density at radius 3 is 2.79 bits per heavy atom. The molecule has 0 aliphatic carbocycles. The Bertz CT molecular complexity index is 586. The molecule has 0 saturated carbocycles. The third-order valence-electron chi connectivity index (χ3n) is 3.03. The highest BCUT2D eigenvalue weighted by Crippen LogP contribution is 2.18. The maximum absolute atomic E-state index is 13.4. The number of hydrogen-bond acceptors (Lipinski definition) is 2. The predicted octanol–water partition coefficient (Wildman–Crippen LogP) is 2.17. The fourth-order valence-electron chi connectivity index (χ4n) is 1.92. The second-order valence-electron chi connectivity index (χ2n) is 4.54. The maximum Gasteiger partial charge on any atom is 0.227 e. The Morgan fingerprint density at radius 1 is 1.42 bits per heavy atom. The van der Waals surface area contributed by atoms with E-state index in [2.05, 4.69) is 10.4 Å². The molecule has 1 heterocycles. The Hall–Kier alpha value is -2.17. The van der Waals surface area contributed by atoms with Gasteiger partial charge in [0.05, 0.1) is 17.8 Å². The minimum atomic E-state index is -0.300.